The summed E-state index contributed by atoms with van der Waals surface area (Å²) >= 11 is 5.45. The summed E-state index contributed by atoms with van der Waals surface area (Å²) in [5.41, 5.74) is -1.14. The van der Waals surface area contributed by atoms with Crippen LogP contribution in [0.15, 0.2) is 0 Å². The van der Waals surface area contributed by atoms with Crippen molar-refractivity contribution in [2.45, 2.75) is 38.3 Å². The lowest BCUT2D eigenvalue weighted by Crippen LogP contribution is -2.72. The number of amides is 2. The van der Waals surface area contributed by atoms with Gasteiger partial charge in [0.2, 0.25) is 5.91 Å². The Labute approximate surface area is 118 Å². The molecule has 0 aromatic heterocycles. The Morgan fingerprint density at radius 2 is 2.00 bits per heavy atom. The predicted molar refractivity (Wildman–Crippen MR) is 71.1 cm³/mol. The minimum Gasteiger partial charge on any atom is -0.444 e. The Bertz CT molecular complexity index is 348. The molecule has 0 aromatic carbocycles. The molecule has 1 heterocycles. The minimum atomic E-state index is -0.586. The second kappa shape index (κ2) is 5.96. The van der Waals surface area contributed by atoms with Crippen LogP contribution in [0.3, 0.4) is 0 Å². The number of nitrogens with zero attached hydrogens (tertiary/aromatic N) is 1. The third-order valence-electron chi connectivity index (χ3n) is 2.76. The van der Waals surface area contributed by atoms with Crippen LogP contribution in [-0.4, -0.2) is 58.7 Å². The predicted octanol–water partition coefficient (Wildman–Crippen LogP) is 0.713. The van der Waals surface area contributed by atoms with E-state index in [1.54, 1.807) is 20.8 Å². The zero-order valence-electron chi connectivity index (χ0n) is 11.5. The smallest absolute Gasteiger partial charge is 0.410 e. The Hall–Kier alpha value is -1.01. The quantitative estimate of drug-likeness (QED) is 0.748. The molecule has 2 N–H and O–H groups in total. The first-order valence-corrected chi connectivity index (χ1v) is 6.70. The number of aliphatic hydroxyl groups is 1. The van der Waals surface area contributed by atoms with E-state index in [2.05, 4.69) is 5.32 Å². The lowest BCUT2D eigenvalue weighted by Gasteiger charge is -2.50. The van der Waals surface area contributed by atoms with Crippen LogP contribution in [0.4, 0.5) is 4.79 Å². The first-order valence-electron chi connectivity index (χ1n) is 6.17. The number of aliphatic hydroxyl groups excluding tert-OH is 1. The van der Waals surface area contributed by atoms with Gasteiger partial charge in [0.05, 0.1) is 5.54 Å². The number of rotatable bonds is 4. The fourth-order valence-electron chi connectivity index (χ4n) is 1.98. The van der Waals surface area contributed by atoms with Crippen LogP contribution >= 0.6 is 11.6 Å². The average molecular weight is 293 g/mol. The van der Waals surface area contributed by atoms with Crippen LogP contribution in [0.1, 0.15) is 27.2 Å². The molecule has 0 aromatic rings. The molecule has 19 heavy (non-hydrogen) atoms. The maximum absolute atomic E-state index is 11.8. The molecule has 0 saturated carbocycles. The molecule has 1 fully saturated rings. The number of nitrogens with one attached hydrogen (secondary N) is 1. The standard InChI is InChI=1S/C12H21ClN2O4/c1-11(2,3)19-10(18)15-7-12(8-15,4-5-16)14-9(17)6-13/h16H,4-8H2,1-3H3,(H,14,17). The second-order valence-electron chi connectivity index (χ2n) is 5.77. The molecule has 7 heteroatoms. The Morgan fingerprint density at radius 1 is 1.42 bits per heavy atom. The summed E-state index contributed by atoms with van der Waals surface area (Å²) in [5.74, 6) is -0.446. The fraction of sp³-hybridized carbons (Fsp3) is 0.833. The van der Waals surface area contributed by atoms with E-state index in [-0.39, 0.29) is 18.4 Å². The van der Waals surface area contributed by atoms with Crippen molar-refractivity contribution in [3.8, 4) is 0 Å². The van der Waals surface area contributed by atoms with Gasteiger partial charge in [0.25, 0.3) is 0 Å². The molecular formula is C12H21ClN2O4. The van der Waals surface area contributed by atoms with Crippen LogP contribution in [0.25, 0.3) is 0 Å². The van der Waals surface area contributed by atoms with E-state index in [0.717, 1.165) is 0 Å². The minimum absolute atomic E-state index is 0.0648. The number of halogens is 1. The maximum atomic E-state index is 11.8. The number of likely N-dealkylation sites (tertiary alicyclic amines) is 1. The van der Waals surface area contributed by atoms with Crippen LogP contribution in [0.5, 0.6) is 0 Å². The van der Waals surface area contributed by atoms with Crippen molar-refractivity contribution in [2.75, 3.05) is 25.6 Å². The average Bonchev–Trinajstić information content (AvgIpc) is 2.22. The highest BCUT2D eigenvalue weighted by Gasteiger charge is 2.46. The van der Waals surface area contributed by atoms with Crippen molar-refractivity contribution in [1.29, 1.82) is 0 Å². The molecule has 1 rings (SSSR count). The van der Waals surface area contributed by atoms with E-state index in [1.807, 2.05) is 0 Å². The number of ether oxygens (including phenoxy) is 1. The third-order valence-corrected chi connectivity index (χ3v) is 3.00. The lowest BCUT2D eigenvalue weighted by atomic mass is 9.86. The monoisotopic (exact) mass is 292 g/mol. The van der Waals surface area contributed by atoms with Crippen LogP contribution < -0.4 is 5.32 Å². The molecule has 0 unspecified atom stereocenters. The third kappa shape index (κ3) is 4.54. The molecule has 1 saturated heterocycles. The summed E-state index contributed by atoms with van der Waals surface area (Å²) in [4.78, 5) is 24.6. The first-order chi connectivity index (χ1) is 8.71. The van der Waals surface area contributed by atoms with Crippen molar-refractivity contribution in [1.82, 2.24) is 10.2 Å². The molecule has 2 amide bonds. The maximum Gasteiger partial charge on any atom is 0.410 e. The Balaban J connectivity index is 2.54. The summed E-state index contributed by atoms with van der Waals surface area (Å²) < 4.78 is 5.23. The molecule has 0 bridgehead atoms. The SMILES string of the molecule is CC(C)(C)OC(=O)N1CC(CCO)(NC(=O)CCl)C1. The van der Waals surface area contributed by atoms with Crippen molar-refractivity contribution in [3.05, 3.63) is 0 Å². The molecular weight excluding hydrogens is 272 g/mol. The molecule has 1 aliphatic rings. The number of carbonyl (C=O) groups excluding carboxylic acids is 2. The fourth-order valence-corrected chi connectivity index (χ4v) is 2.05. The largest absolute Gasteiger partial charge is 0.444 e. The van der Waals surface area contributed by atoms with E-state index in [1.165, 1.54) is 4.90 Å². The molecule has 0 atom stereocenters. The van der Waals surface area contributed by atoms with Gasteiger partial charge in [-0.05, 0) is 27.2 Å². The Kier molecular flexibility index (Phi) is 5.04. The highest BCUT2D eigenvalue weighted by atomic mass is 35.5. The van der Waals surface area contributed by atoms with Crippen LogP contribution in [0, 0.1) is 0 Å². The van der Waals surface area contributed by atoms with E-state index in [9.17, 15) is 9.59 Å². The molecule has 110 valence electrons. The highest BCUT2D eigenvalue weighted by molar-refractivity contribution is 6.27. The van der Waals surface area contributed by atoms with Gasteiger partial charge in [0.1, 0.15) is 11.5 Å². The van der Waals surface area contributed by atoms with E-state index in [0.29, 0.717) is 19.5 Å². The molecule has 0 radical (unpaired) electrons. The highest BCUT2D eigenvalue weighted by Crippen LogP contribution is 2.26. The lowest BCUT2D eigenvalue weighted by molar-refractivity contribution is -0.123. The van der Waals surface area contributed by atoms with Gasteiger partial charge in [-0.15, -0.1) is 11.6 Å². The van der Waals surface area contributed by atoms with E-state index < -0.39 is 17.2 Å². The van der Waals surface area contributed by atoms with E-state index in [4.69, 9.17) is 21.4 Å². The van der Waals surface area contributed by atoms with Crippen molar-refractivity contribution < 1.29 is 19.4 Å². The van der Waals surface area contributed by atoms with Crippen LogP contribution in [0.2, 0.25) is 0 Å². The van der Waals surface area contributed by atoms with Gasteiger partial charge in [-0.2, -0.15) is 0 Å². The van der Waals surface area contributed by atoms with Gasteiger partial charge >= 0.3 is 6.09 Å². The number of hydrogen-bond acceptors (Lipinski definition) is 4. The zero-order chi connectivity index (χ0) is 14.7. The number of hydrogen-bond donors (Lipinski definition) is 2. The van der Waals surface area contributed by atoms with Crippen LogP contribution in [-0.2, 0) is 9.53 Å². The number of carbonyl (C=O) groups is 2. The van der Waals surface area contributed by atoms with Gasteiger partial charge in [-0.1, -0.05) is 0 Å². The zero-order valence-corrected chi connectivity index (χ0v) is 12.3. The van der Waals surface area contributed by atoms with Gasteiger partial charge in [-0.25, -0.2) is 4.79 Å². The second-order valence-corrected chi connectivity index (χ2v) is 6.04. The van der Waals surface area contributed by atoms with Gasteiger partial charge < -0.3 is 20.1 Å². The van der Waals surface area contributed by atoms with E-state index >= 15 is 0 Å². The summed E-state index contributed by atoms with van der Waals surface area (Å²) in [7, 11) is 0. The van der Waals surface area contributed by atoms with Crippen molar-refractivity contribution >= 4 is 23.6 Å². The summed E-state index contributed by atoms with van der Waals surface area (Å²) in [6, 6.07) is 0. The van der Waals surface area contributed by atoms with Gasteiger partial charge in [0.15, 0.2) is 0 Å². The Morgan fingerprint density at radius 3 is 2.42 bits per heavy atom. The molecule has 1 aliphatic heterocycles. The normalized spacial score (nSPS) is 17.6. The first kappa shape index (κ1) is 16.0. The summed E-state index contributed by atoms with van der Waals surface area (Å²) in [6.45, 7) is 5.96. The molecule has 6 nitrogen and oxygen atoms in total. The van der Waals surface area contributed by atoms with Gasteiger partial charge in [-0.3, -0.25) is 4.79 Å². The van der Waals surface area contributed by atoms with Crippen molar-refractivity contribution in [3.63, 3.8) is 0 Å². The summed E-state index contributed by atoms with van der Waals surface area (Å²) in [5, 5.41) is 11.8. The van der Waals surface area contributed by atoms with Crippen molar-refractivity contribution in [2.24, 2.45) is 0 Å². The molecule has 0 spiro atoms. The molecule has 0 aliphatic carbocycles. The number of alkyl halides is 1. The summed E-state index contributed by atoms with van der Waals surface area (Å²) in [6.07, 6.45) is -0.0317. The van der Waals surface area contributed by atoms with Gasteiger partial charge in [0, 0.05) is 19.7 Å². The topological polar surface area (TPSA) is 78.9 Å².